The minimum absolute atomic E-state index is 0.402. The molecule has 0 radical (unpaired) electrons. The molecule has 1 aliphatic heterocycles. The average molecular weight is 443 g/mol. The first kappa shape index (κ1) is 20.1. The number of nitrogens with zero attached hydrogens (tertiary/aromatic N) is 1. The fourth-order valence-electron chi connectivity index (χ4n) is 5.62. The van der Waals surface area contributed by atoms with Gasteiger partial charge in [0.05, 0.1) is 22.2 Å². The van der Waals surface area contributed by atoms with Crippen LogP contribution in [0.5, 0.6) is 0 Å². The van der Waals surface area contributed by atoms with E-state index in [1.807, 2.05) is 0 Å². The Hall–Kier alpha value is -3.34. The highest BCUT2D eigenvalue weighted by Gasteiger charge is 2.52. The number of hydrogen-bond acceptors (Lipinski definition) is 2. The summed E-state index contributed by atoms with van der Waals surface area (Å²) in [6.45, 7) is 8.46. The van der Waals surface area contributed by atoms with Crippen LogP contribution in [0.15, 0.2) is 84.9 Å². The first-order valence-electron chi connectivity index (χ1n) is 12.0. The third-order valence-electron chi connectivity index (χ3n) is 8.00. The van der Waals surface area contributed by atoms with Crippen LogP contribution in [0.2, 0.25) is 0 Å². The van der Waals surface area contributed by atoms with E-state index in [9.17, 15) is 0 Å². The predicted octanol–water partition coefficient (Wildman–Crippen LogP) is 6.83. The van der Waals surface area contributed by atoms with Gasteiger partial charge in [0.2, 0.25) is 0 Å². The van der Waals surface area contributed by atoms with E-state index in [2.05, 4.69) is 117 Å². The van der Waals surface area contributed by atoms with E-state index in [0.717, 1.165) is 11.2 Å². The van der Waals surface area contributed by atoms with E-state index in [-0.39, 0.29) is 0 Å². The predicted molar refractivity (Wildman–Crippen MR) is 143 cm³/mol. The van der Waals surface area contributed by atoms with Gasteiger partial charge in [0, 0.05) is 21.9 Å². The monoisotopic (exact) mass is 443 g/mol. The number of hydrogen-bond donors (Lipinski definition) is 0. The third-order valence-corrected chi connectivity index (χ3v) is 8.00. The largest absolute Gasteiger partial charge is 0.497 e. The van der Waals surface area contributed by atoms with Crippen LogP contribution in [-0.4, -0.2) is 22.9 Å². The van der Waals surface area contributed by atoms with Crippen molar-refractivity contribution in [3.05, 3.63) is 84.9 Å². The summed E-state index contributed by atoms with van der Waals surface area (Å²) in [7, 11) is -0.438. The molecule has 166 valence electrons. The Morgan fingerprint density at radius 2 is 1.18 bits per heavy atom. The summed E-state index contributed by atoms with van der Waals surface area (Å²) in [6, 6.07) is 30.5. The zero-order valence-corrected chi connectivity index (χ0v) is 19.9. The van der Waals surface area contributed by atoms with Crippen LogP contribution in [0.25, 0.3) is 49.0 Å². The molecule has 1 aromatic heterocycles. The molecule has 0 spiro atoms. The van der Waals surface area contributed by atoms with Crippen molar-refractivity contribution in [2.45, 2.75) is 38.9 Å². The molecule has 0 amide bonds. The molecule has 0 saturated carbocycles. The van der Waals surface area contributed by atoms with Gasteiger partial charge in [0.15, 0.2) is 0 Å². The second-order valence-corrected chi connectivity index (χ2v) is 10.4. The molecule has 34 heavy (non-hydrogen) atoms. The van der Waals surface area contributed by atoms with Crippen LogP contribution in [-0.2, 0) is 9.31 Å². The lowest BCUT2D eigenvalue weighted by Crippen LogP contribution is -2.41. The number of fused-ring (bicyclic) bond motifs is 3. The normalized spacial score (nSPS) is 17.6. The van der Waals surface area contributed by atoms with Gasteiger partial charge in [-0.2, -0.15) is 0 Å². The average Bonchev–Trinajstić information content (AvgIpc) is 3.29. The second-order valence-electron chi connectivity index (χ2n) is 10.4. The first-order chi connectivity index (χ1) is 16.4. The van der Waals surface area contributed by atoms with Crippen molar-refractivity contribution >= 4 is 55.9 Å². The van der Waals surface area contributed by atoms with Gasteiger partial charge in [0.25, 0.3) is 0 Å². The van der Waals surface area contributed by atoms with Gasteiger partial charge in [0.1, 0.15) is 0 Å². The highest BCUT2D eigenvalue weighted by Crippen LogP contribution is 2.44. The van der Waals surface area contributed by atoms with Crippen molar-refractivity contribution in [3.63, 3.8) is 0 Å². The highest BCUT2D eigenvalue weighted by molar-refractivity contribution is 6.66. The second kappa shape index (κ2) is 6.62. The van der Waals surface area contributed by atoms with Crippen LogP contribution in [0.4, 0.5) is 0 Å². The highest BCUT2D eigenvalue weighted by atomic mass is 16.7. The Morgan fingerprint density at radius 3 is 1.85 bits per heavy atom. The Bertz CT molecular complexity index is 1700. The van der Waals surface area contributed by atoms with Gasteiger partial charge in [-0.15, -0.1) is 0 Å². The fraction of sp³-hybridized carbons (Fsp3) is 0.200. The van der Waals surface area contributed by atoms with E-state index in [0.29, 0.717) is 0 Å². The molecule has 0 unspecified atom stereocenters. The molecule has 1 saturated heterocycles. The maximum Gasteiger partial charge on any atom is 0.497 e. The molecular weight excluding hydrogens is 417 g/mol. The Kier molecular flexibility index (Phi) is 3.91. The molecule has 7 rings (SSSR count). The lowest BCUT2D eigenvalue weighted by molar-refractivity contribution is 0.00578. The molecule has 6 aromatic rings. The van der Waals surface area contributed by atoms with Crippen LogP contribution >= 0.6 is 0 Å². The van der Waals surface area contributed by atoms with Gasteiger partial charge in [-0.1, -0.05) is 66.7 Å². The number of aromatic nitrogens is 1. The molecule has 5 aromatic carbocycles. The summed E-state index contributed by atoms with van der Waals surface area (Å²) in [5, 5.41) is 7.69. The molecule has 4 heteroatoms. The Balaban J connectivity index is 1.69. The van der Waals surface area contributed by atoms with Crippen LogP contribution in [0, 0.1) is 0 Å². The van der Waals surface area contributed by atoms with Gasteiger partial charge in [-0.3, -0.25) is 0 Å². The van der Waals surface area contributed by atoms with E-state index < -0.39 is 18.3 Å². The van der Waals surface area contributed by atoms with Gasteiger partial charge in [-0.25, -0.2) is 0 Å². The standard InChI is InChI=1S/C30H26BNO2/c1-29(2)30(3,4)34-31(33-29)24-18-17-23-21-14-9-8-13-20(21)22-15-10-16-25-26(22)27(23)28(24)32(25)19-11-6-5-7-12-19/h5-18H,1-4H3. The zero-order chi connectivity index (χ0) is 23.2. The summed E-state index contributed by atoms with van der Waals surface area (Å²) in [4.78, 5) is 0. The SMILES string of the molecule is CC1(C)OB(c2ccc3c4ccccc4c4cccc5c4c3c2n5-c2ccccc2)OC1(C)C. The van der Waals surface area contributed by atoms with E-state index in [1.165, 1.54) is 43.4 Å². The molecule has 0 N–H and O–H groups in total. The molecule has 0 bridgehead atoms. The van der Waals surface area contributed by atoms with Crippen molar-refractivity contribution in [2.75, 3.05) is 0 Å². The van der Waals surface area contributed by atoms with E-state index >= 15 is 0 Å². The fourth-order valence-corrected chi connectivity index (χ4v) is 5.62. The summed E-state index contributed by atoms with van der Waals surface area (Å²) in [5.41, 5.74) is 3.78. The number of benzene rings is 5. The van der Waals surface area contributed by atoms with Crippen molar-refractivity contribution in [1.29, 1.82) is 0 Å². The smallest absolute Gasteiger partial charge is 0.399 e. The van der Waals surface area contributed by atoms with Crippen molar-refractivity contribution in [1.82, 2.24) is 4.57 Å². The lowest BCUT2D eigenvalue weighted by atomic mass is 9.76. The Labute approximate surface area is 199 Å². The maximum absolute atomic E-state index is 6.57. The van der Waals surface area contributed by atoms with Crippen molar-refractivity contribution in [2.24, 2.45) is 0 Å². The van der Waals surface area contributed by atoms with Crippen LogP contribution in [0.1, 0.15) is 27.7 Å². The van der Waals surface area contributed by atoms with Gasteiger partial charge < -0.3 is 13.9 Å². The molecular formula is C30H26BNO2. The van der Waals surface area contributed by atoms with Crippen molar-refractivity contribution < 1.29 is 9.31 Å². The minimum Gasteiger partial charge on any atom is -0.399 e. The number of rotatable bonds is 2. The van der Waals surface area contributed by atoms with Crippen molar-refractivity contribution in [3.8, 4) is 5.69 Å². The topological polar surface area (TPSA) is 23.4 Å². The Morgan fingerprint density at radius 1 is 0.588 bits per heavy atom. The molecule has 3 nitrogen and oxygen atoms in total. The summed E-state index contributed by atoms with van der Waals surface area (Å²) in [6.07, 6.45) is 0. The van der Waals surface area contributed by atoms with Crippen LogP contribution in [0.3, 0.4) is 0 Å². The molecule has 1 aliphatic rings. The zero-order valence-electron chi connectivity index (χ0n) is 19.9. The molecule has 0 aliphatic carbocycles. The van der Waals surface area contributed by atoms with Gasteiger partial charge >= 0.3 is 7.12 Å². The quantitative estimate of drug-likeness (QED) is 0.216. The molecule has 1 fully saturated rings. The summed E-state index contributed by atoms with van der Waals surface area (Å²) < 4.78 is 15.5. The van der Waals surface area contributed by atoms with Gasteiger partial charge in [-0.05, 0) is 67.4 Å². The summed E-state index contributed by atoms with van der Waals surface area (Å²) >= 11 is 0. The lowest BCUT2D eigenvalue weighted by Gasteiger charge is -2.32. The van der Waals surface area contributed by atoms with Crippen LogP contribution < -0.4 is 5.46 Å². The molecule has 2 heterocycles. The number of para-hydroxylation sites is 1. The van der Waals surface area contributed by atoms with E-state index in [4.69, 9.17) is 9.31 Å². The first-order valence-corrected chi connectivity index (χ1v) is 12.0. The third kappa shape index (κ3) is 2.50. The maximum atomic E-state index is 6.57. The minimum atomic E-state index is -0.438. The summed E-state index contributed by atoms with van der Waals surface area (Å²) in [5.74, 6) is 0. The van der Waals surface area contributed by atoms with E-state index in [1.54, 1.807) is 0 Å². The molecule has 0 atom stereocenters.